The van der Waals surface area contributed by atoms with Crippen LogP contribution in [0.1, 0.15) is 12.5 Å². The van der Waals surface area contributed by atoms with Gasteiger partial charge in [0.15, 0.2) is 29.6 Å². The third-order valence-corrected chi connectivity index (χ3v) is 6.21. The van der Waals surface area contributed by atoms with Crippen LogP contribution in [0.15, 0.2) is 35.2 Å². The first-order valence-corrected chi connectivity index (χ1v) is 12.1. The predicted octanol–water partition coefficient (Wildman–Crippen LogP) is 3.69. The molecule has 11 nitrogen and oxygen atoms in total. The molecule has 1 N–H and O–H groups in total. The summed E-state index contributed by atoms with van der Waals surface area (Å²) in [7, 11) is 1.39. The first-order chi connectivity index (χ1) is 17.8. The molecule has 2 aromatic rings. The maximum Gasteiger partial charge on any atom is 0.344 e. The molecule has 13 heteroatoms. The molecular weight excluding hydrogens is 528 g/mol. The quantitative estimate of drug-likeness (QED) is 0.365. The Morgan fingerprint density at radius 1 is 1.19 bits per heavy atom. The monoisotopic (exact) mass is 548 g/mol. The number of thioether (sulfide) groups is 1. The molecule has 0 atom stereocenters. The van der Waals surface area contributed by atoms with E-state index >= 15 is 0 Å². The molecule has 0 radical (unpaired) electrons. The van der Waals surface area contributed by atoms with Crippen molar-refractivity contribution in [2.24, 2.45) is 0 Å². The summed E-state index contributed by atoms with van der Waals surface area (Å²) in [5.41, 5.74) is 0.879. The highest BCUT2D eigenvalue weighted by Crippen LogP contribution is 2.39. The van der Waals surface area contributed by atoms with Crippen LogP contribution < -0.4 is 24.3 Å². The lowest BCUT2D eigenvalue weighted by Gasteiger charge is -2.13. The molecular formula is C24H21ClN2O9S. The Bertz CT molecular complexity index is 1300. The van der Waals surface area contributed by atoms with Gasteiger partial charge in [0.05, 0.1) is 23.6 Å². The summed E-state index contributed by atoms with van der Waals surface area (Å²) in [4.78, 5) is 50.4. The Labute approximate surface area is 220 Å². The lowest BCUT2D eigenvalue weighted by atomic mass is 10.1. The third-order valence-electron chi connectivity index (χ3n) is 5.02. The van der Waals surface area contributed by atoms with Crippen LogP contribution in [0.25, 0.3) is 6.08 Å². The minimum absolute atomic E-state index is 0.0935. The summed E-state index contributed by atoms with van der Waals surface area (Å²) in [6.45, 7) is 1.14. The van der Waals surface area contributed by atoms with Crippen molar-refractivity contribution in [3.63, 3.8) is 0 Å². The van der Waals surface area contributed by atoms with Crippen molar-refractivity contribution in [3.8, 4) is 23.0 Å². The van der Waals surface area contributed by atoms with E-state index in [4.69, 9.17) is 35.3 Å². The van der Waals surface area contributed by atoms with Crippen molar-refractivity contribution >= 4 is 58.1 Å². The Morgan fingerprint density at radius 3 is 2.73 bits per heavy atom. The molecule has 1 saturated heterocycles. The second-order valence-corrected chi connectivity index (χ2v) is 8.91. The first kappa shape index (κ1) is 26.2. The summed E-state index contributed by atoms with van der Waals surface area (Å²) >= 11 is 7.00. The number of nitrogens with one attached hydrogen (secondary N) is 1. The summed E-state index contributed by atoms with van der Waals surface area (Å²) in [5, 5.41) is 2.16. The van der Waals surface area contributed by atoms with Crippen molar-refractivity contribution in [2.45, 2.75) is 6.92 Å². The van der Waals surface area contributed by atoms with Crippen LogP contribution in [-0.4, -0.2) is 61.6 Å². The number of hydrogen-bond donors (Lipinski definition) is 1. The molecule has 0 unspecified atom stereocenters. The van der Waals surface area contributed by atoms with Crippen LogP contribution in [0.4, 0.5) is 10.5 Å². The number of methoxy groups -OCH3 is 1. The number of esters is 1. The van der Waals surface area contributed by atoms with E-state index in [9.17, 15) is 19.2 Å². The average molecular weight is 549 g/mol. The van der Waals surface area contributed by atoms with Crippen molar-refractivity contribution in [2.75, 3.05) is 39.0 Å². The molecule has 3 amide bonds. The number of benzene rings is 2. The van der Waals surface area contributed by atoms with E-state index in [0.29, 0.717) is 34.5 Å². The topological polar surface area (TPSA) is 130 Å². The maximum atomic E-state index is 12.9. The fourth-order valence-corrected chi connectivity index (χ4v) is 4.51. The van der Waals surface area contributed by atoms with Gasteiger partial charge >= 0.3 is 5.97 Å². The molecule has 4 rings (SSSR count). The van der Waals surface area contributed by atoms with Crippen LogP contribution in [-0.2, 0) is 19.1 Å². The molecule has 1 fully saturated rings. The highest BCUT2D eigenvalue weighted by atomic mass is 35.5. The molecule has 0 aromatic heterocycles. The van der Waals surface area contributed by atoms with Crippen molar-refractivity contribution in [1.82, 2.24) is 4.90 Å². The lowest BCUT2D eigenvalue weighted by Crippen LogP contribution is -2.36. The summed E-state index contributed by atoms with van der Waals surface area (Å²) in [6, 6.07) is 7.88. The average Bonchev–Trinajstić information content (AvgIpc) is 3.42. The van der Waals surface area contributed by atoms with E-state index in [1.54, 1.807) is 25.1 Å². The number of fused-ring (bicyclic) bond motifs is 1. The number of anilines is 1. The fourth-order valence-electron chi connectivity index (χ4n) is 3.40. The molecule has 2 aromatic carbocycles. The van der Waals surface area contributed by atoms with E-state index in [1.165, 1.54) is 25.3 Å². The van der Waals surface area contributed by atoms with Gasteiger partial charge in [0.1, 0.15) is 6.54 Å². The largest absolute Gasteiger partial charge is 0.493 e. The summed E-state index contributed by atoms with van der Waals surface area (Å²) < 4.78 is 26.1. The smallest absolute Gasteiger partial charge is 0.344 e. The van der Waals surface area contributed by atoms with Crippen LogP contribution in [0, 0.1) is 0 Å². The molecule has 0 spiro atoms. The van der Waals surface area contributed by atoms with Gasteiger partial charge in [-0.05, 0) is 54.6 Å². The highest BCUT2D eigenvalue weighted by Gasteiger charge is 2.36. The minimum Gasteiger partial charge on any atom is -0.493 e. The number of amides is 3. The van der Waals surface area contributed by atoms with Crippen LogP contribution >= 0.6 is 23.4 Å². The van der Waals surface area contributed by atoms with E-state index in [1.807, 2.05) is 0 Å². The Balaban J connectivity index is 1.44. The number of rotatable bonds is 9. The maximum absolute atomic E-state index is 12.9. The molecule has 0 aliphatic carbocycles. The molecule has 194 valence electrons. The number of halogens is 1. The van der Waals surface area contributed by atoms with Gasteiger partial charge in [-0.3, -0.25) is 19.3 Å². The van der Waals surface area contributed by atoms with Gasteiger partial charge in [0.2, 0.25) is 12.7 Å². The van der Waals surface area contributed by atoms with Crippen molar-refractivity contribution in [3.05, 3.63) is 45.8 Å². The predicted molar refractivity (Wildman–Crippen MR) is 134 cm³/mol. The second-order valence-electron chi connectivity index (χ2n) is 7.51. The van der Waals surface area contributed by atoms with Gasteiger partial charge in [0, 0.05) is 11.8 Å². The van der Waals surface area contributed by atoms with Gasteiger partial charge in [-0.1, -0.05) is 11.6 Å². The molecule has 0 bridgehead atoms. The van der Waals surface area contributed by atoms with Gasteiger partial charge in [0.25, 0.3) is 11.1 Å². The van der Waals surface area contributed by atoms with Crippen molar-refractivity contribution < 1.29 is 42.9 Å². The normalized spacial score (nSPS) is 15.2. The first-order valence-electron chi connectivity index (χ1n) is 10.9. The molecule has 2 heterocycles. The third kappa shape index (κ3) is 6.09. The van der Waals surface area contributed by atoms with Gasteiger partial charge in [-0.15, -0.1) is 0 Å². The number of hydrogen-bond acceptors (Lipinski definition) is 10. The fraction of sp³-hybridized carbons (Fsp3) is 0.250. The van der Waals surface area contributed by atoms with E-state index in [0.717, 1.165) is 4.90 Å². The zero-order valence-electron chi connectivity index (χ0n) is 19.7. The van der Waals surface area contributed by atoms with Gasteiger partial charge in [-0.2, -0.15) is 0 Å². The van der Waals surface area contributed by atoms with E-state index in [2.05, 4.69) is 5.32 Å². The Kier molecular flexibility index (Phi) is 8.09. The molecule has 2 aliphatic heterocycles. The minimum atomic E-state index is -0.631. The number of ether oxygens (including phenoxy) is 5. The van der Waals surface area contributed by atoms with Crippen LogP contribution in [0.2, 0.25) is 5.02 Å². The zero-order chi connectivity index (χ0) is 26.5. The van der Waals surface area contributed by atoms with Crippen LogP contribution in [0.5, 0.6) is 23.0 Å². The molecule has 0 saturated carbocycles. The number of carbonyl (C=O) groups excluding carboxylic acids is 4. The summed E-state index contributed by atoms with van der Waals surface area (Å²) in [6.07, 6.45) is 1.45. The van der Waals surface area contributed by atoms with Gasteiger partial charge < -0.3 is 29.0 Å². The lowest BCUT2D eigenvalue weighted by molar-refractivity contribution is -0.145. The SMILES string of the molecule is CCOC(=O)COc1c(Cl)cc(/C=C2\SC(=O)N(CC(=O)Nc3ccc4c(c3)OCO4)C2=O)cc1OC. The highest BCUT2D eigenvalue weighted by molar-refractivity contribution is 8.18. The standard InChI is InChI=1S/C24H21ClN2O9S/c1-3-33-21(29)11-34-22-15(25)6-13(7-18(22)32-2)8-19-23(30)27(24(31)37-19)10-20(28)26-14-4-5-16-17(9-14)36-12-35-16/h4-9H,3,10-12H2,1-2H3,(H,26,28)/b19-8-. The zero-order valence-corrected chi connectivity index (χ0v) is 21.3. The van der Waals surface area contributed by atoms with Crippen LogP contribution in [0.3, 0.4) is 0 Å². The van der Waals surface area contributed by atoms with Gasteiger partial charge in [-0.25, -0.2) is 4.79 Å². The summed E-state index contributed by atoms with van der Waals surface area (Å²) in [5.74, 6) is -0.375. The molecule has 37 heavy (non-hydrogen) atoms. The van der Waals surface area contributed by atoms with E-state index < -0.39 is 29.6 Å². The Morgan fingerprint density at radius 2 is 1.97 bits per heavy atom. The Hall–Kier alpha value is -3.90. The van der Waals surface area contributed by atoms with Crippen molar-refractivity contribution in [1.29, 1.82) is 0 Å². The number of imide groups is 1. The second kappa shape index (κ2) is 11.4. The van der Waals surface area contributed by atoms with E-state index in [-0.39, 0.29) is 41.4 Å². The number of carbonyl (C=O) groups is 4. The molecule has 2 aliphatic rings. The number of nitrogens with zero attached hydrogens (tertiary/aromatic N) is 1.